The molecule has 0 aliphatic heterocycles. The molecule has 0 bridgehead atoms. The zero-order valence-electron chi connectivity index (χ0n) is 12.1. The first-order chi connectivity index (χ1) is 11.4. The minimum absolute atomic E-state index is 0.581. The number of nitrogens with zero attached hydrogens (tertiary/aromatic N) is 5. The van der Waals surface area contributed by atoms with Gasteiger partial charge >= 0.3 is 0 Å². The summed E-state index contributed by atoms with van der Waals surface area (Å²) in [5, 5.41) is 21.6. The van der Waals surface area contributed by atoms with Crippen LogP contribution in [0.4, 0.5) is 11.4 Å². The summed E-state index contributed by atoms with van der Waals surface area (Å²) in [6, 6.07) is 17.8. The largest absolute Gasteiger partial charge is 0.355 e. The summed E-state index contributed by atoms with van der Waals surface area (Å²) in [6.45, 7) is 0. The van der Waals surface area contributed by atoms with E-state index in [0.29, 0.717) is 5.82 Å². The van der Waals surface area contributed by atoms with Gasteiger partial charge in [0.15, 0.2) is 0 Å². The highest BCUT2D eigenvalue weighted by Crippen LogP contribution is 2.22. The number of rotatable bonds is 4. The maximum atomic E-state index is 4.24. The van der Waals surface area contributed by atoms with Crippen molar-refractivity contribution in [1.82, 2.24) is 30.4 Å². The molecule has 0 atom stereocenters. The van der Waals surface area contributed by atoms with Crippen LogP contribution in [0.1, 0.15) is 0 Å². The smallest absolute Gasteiger partial charge is 0.204 e. The Morgan fingerprint density at radius 3 is 2.61 bits per heavy atom. The van der Waals surface area contributed by atoms with Crippen molar-refractivity contribution in [1.29, 1.82) is 0 Å². The van der Waals surface area contributed by atoms with Crippen LogP contribution in [-0.4, -0.2) is 30.4 Å². The van der Waals surface area contributed by atoms with Gasteiger partial charge in [-0.2, -0.15) is 10.3 Å². The summed E-state index contributed by atoms with van der Waals surface area (Å²) >= 11 is 0. The van der Waals surface area contributed by atoms with Crippen molar-refractivity contribution >= 4 is 11.4 Å². The van der Waals surface area contributed by atoms with Crippen LogP contribution in [-0.2, 0) is 0 Å². The minimum Gasteiger partial charge on any atom is -0.355 e. The van der Waals surface area contributed by atoms with E-state index in [9.17, 15) is 0 Å². The van der Waals surface area contributed by atoms with Crippen molar-refractivity contribution in [3.63, 3.8) is 0 Å². The second kappa shape index (κ2) is 5.72. The second-order valence-electron chi connectivity index (χ2n) is 4.94. The minimum atomic E-state index is 0.581. The third-order valence-electron chi connectivity index (χ3n) is 3.39. The van der Waals surface area contributed by atoms with Gasteiger partial charge in [-0.1, -0.05) is 6.07 Å². The summed E-state index contributed by atoms with van der Waals surface area (Å²) < 4.78 is 1.82. The van der Waals surface area contributed by atoms with Crippen LogP contribution in [0.5, 0.6) is 0 Å². The van der Waals surface area contributed by atoms with Gasteiger partial charge in [0.2, 0.25) is 5.82 Å². The van der Waals surface area contributed by atoms with Gasteiger partial charge in [0.1, 0.15) is 0 Å². The summed E-state index contributed by atoms with van der Waals surface area (Å²) in [6.07, 6.45) is 3.68. The molecule has 112 valence electrons. The zero-order chi connectivity index (χ0) is 15.5. The van der Waals surface area contributed by atoms with E-state index in [1.54, 1.807) is 6.20 Å². The molecule has 0 unspecified atom stereocenters. The molecule has 0 amide bonds. The first-order valence-corrected chi connectivity index (χ1v) is 7.09. The Morgan fingerprint density at radius 1 is 0.957 bits per heavy atom. The van der Waals surface area contributed by atoms with Gasteiger partial charge in [0.25, 0.3) is 0 Å². The Balaban J connectivity index is 1.55. The molecule has 0 saturated carbocycles. The molecule has 4 aromatic rings. The quantitative estimate of drug-likeness (QED) is 0.605. The molecular weight excluding hydrogens is 290 g/mol. The van der Waals surface area contributed by atoms with Crippen LogP contribution in [0, 0.1) is 0 Å². The van der Waals surface area contributed by atoms with E-state index in [-0.39, 0.29) is 0 Å². The predicted octanol–water partition coefficient (Wildman–Crippen LogP) is 2.80. The molecule has 2 heterocycles. The topological polar surface area (TPSA) is 84.3 Å². The first-order valence-electron chi connectivity index (χ1n) is 7.09. The summed E-state index contributed by atoms with van der Waals surface area (Å²) in [7, 11) is 0. The Labute approximate surface area is 132 Å². The fraction of sp³-hybridized carbons (Fsp3) is 0. The number of aromatic amines is 1. The number of benzene rings is 2. The Kier molecular flexibility index (Phi) is 3.28. The summed E-state index contributed by atoms with van der Waals surface area (Å²) in [5.74, 6) is 0.581. The van der Waals surface area contributed by atoms with Gasteiger partial charge in [-0.05, 0) is 53.7 Å². The van der Waals surface area contributed by atoms with Gasteiger partial charge in [-0.25, -0.2) is 4.68 Å². The number of hydrogen-bond donors (Lipinski definition) is 2. The van der Waals surface area contributed by atoms with E-state index in [1.165, 1.54) is 0 Å². The normalized spacial score (nSPS) is 10.6. The van der Waals surface area contributed by atoms with Crippen LogP contribution in [0.2, 0.25) is 0 Å². The average Bonchev–Trinajstić information content (AvgIpc) is 3.30. The lowest BCUT2D eigenvalue weighted by atomic mass is 10.2. The molecule has 7 nitrogen and oxygen atoms in total. The fourth-order valence-corrected chi connectivity index (χ4v) is 2.30. The van der Waals surface area contributed by atoms with Crippen molar-refractivity contribution < 1.29 is 0 Å². The third kappa shape index (κ3) is 2.80. The predicted molar refractivity (Wildman–Crippen MR) is 86.5 cm³/mol. The molecule has 4 rings (SSSR count). The highest BCUT2D eigenvalue weighted by atomic mass is 15.5. The van der Waals surface area contributed by atoms with Crippen LogP contribution in [0.25, 0.3) is 17.1 Å². The van der Waals surface area contributed by atoms with Crippen molar-refractivity contribution in [2.75, 3.05) is 5.32 Å². The molecule has 2 aromatic heterocycles. The van der Waals surface area contributed by atoms with Gasteiger partial charge < -0.3 is 5.32 Å². The molecule has 7 heteroatoms. The summed E-state index contributed by atoms with van der Waals surface area (Å²) in [4.78, 5) is 0. The number of hydrogen-bond acceptors (Lipinski definition) is 5. The Morgan fingerprint density at radius 2 is 1.87 bits per heavy atom. The van der Waals surface area contributed by atoms with Crippen LogP contribution >= 0.6 is 0 Å². The molecule has 0 saturated heterocycles. The molecule has 2 aromatic carbocycles. The van der Waals surface area contributed by atoms with E-state index in [2.05, 4.69) is 31.0 Å². The molecule has 0 spiro atoms. The zero-order valence-corrected chi connectivity index (χ0v) is 12.1. The van der Waals surface area contributed by atoms with Gasteiger partial charge in [0, 0.05) is 29.3 Å². The number of anilines is 2. The van der Waals surface area contributed by atoms with Crippen molar-refractivity contribution in [3.05, 3.63) is 67.0 Å². The lowest BCUT2D eigenvalue weighted by Crippen LogP contribution is -1.96. The third-order valence-corrected chi connectivity index (χ3v) is 3.39. The molecule has 0 radical (unpaired) electrons. The monoisotopic (exact) mass is 303 g/mol. The Hall–Kier alpha value is -3.48. The van der Waals surface area contributed by atoms with E-state index >= 15 is 0 Å². The van der Waals surface area contributed by atoms with Gasteiger partial charge in [0.05, 0.1) is 5.69 Å². The highest BCUT2D eigenvalue weighted by Gasteiger charge is 2.03. The molecule has 0 aliphatic rings. The first kappa shape index (κ1) is 13.2. The van der Waals surface area contributed by atoms with Gasteiger partial charge in [-0.15, -0.1) is 10.2 Å². The standard InChI is InChI=1S/C16H13N7/c1-3-14(11-15(4-1)23-10-2-9-17-23)18-13-7-5-12(6-8-13)16-19-21-22-20-16/h1-11,18H,(H,19,20,21,22). The van der Waals surface area contributed by atoms with Crippen molar-refractivity contribution in [3.8, 4) is 17.1 Å². The molecule has 0 aliphatic carbocycles. The van der Waals surface area contributed by atoms with Crippen LogP contribution in [0.3, 0.4) is 0 Å². The van der Waals surface area contributed by atoms with Crippen molar-refractivity contribution in [2.45, 2.75) is 0 Å². The molecule has 23 heavy (non-hydrogen) atoms. The second-order valence-corrected chi connectivity index (χ2v) is 4.94. The van der Waals surface area contributed by atoms with E-state index in [4.69, 9.17) is 0 Å². The maximum Gasteiger partial charge on any atom is 0.204 e. The highest BCUT2D eigenvalue weighted by molar-refractivity contribution is 5.65. The molecule has 0 fully saturated rings. The lowest BCUT2D eigenvalue weighted by molar-refractivity contribution is 0.881. The van der Waals surface area contributed by atoms with Crippen LogP contribution in [0.15, 0.2) is 67.0 Å². The fourth-order valence-electron chi connectivity index (χ4n) is 2.30. The molecular formula is C16H13N7. The Bertz CT molecular complexity index is 881. The van der Waals surface area contributed by atoms with Gasteiger partial charge in [-0.3, -0.25) is 0 Å². The maximum absolute atomic E-state index is 4.24. The number of tetrazole rings is 1. The number of aromatic nitrogens is 6. The number of H-pyrrole nitrogens is 1. The van der Waals surface area contributed by atoms with E-state index < -0.39 is 0 Å². The van der Waals surface area contributed by atoms with E-state index in [0.717, 1.165) is 22.6 Å². The summed E-state index contributed by atoms with van der Waals surface area (Å²) in [5.41, 5.74) is 3.89. The molecule has 2 N–H and O–H groups in total. The number of nitrogens with one attached hydrogen (secondary N) is 2. The van der Waals surface area contributed by atoms with Crippen molar-refractivity contribution in [2.24, 2.45) is 0 Å². The van der Waals surface area contributed by atoms with Crippen LogP contribution < -0.4 is 5.32 Å². The lowest BCUT2D eigenvalue weighted by Gasteiger charge is -2.09. The SMILES string of the molecule is c1cc(Nc2ccc(-c3nn[nH]n3)cc2)cc(-n2cccn2)c1. The average molecular weight is 303 g/mol. The van der Waals surface area contributed by atoms with E-state index in [1.807, 2.05) is 65.5 Å².